The number of hydrogen-bond donors (Lipinski definition) is 1. The summed E-state index contributed by atoms with van der Waals surface area (Å²) in [6.45, 7) is 4.27. The van der Waals surface area contributed by atoms with Gasteiger partial charge >= 0.3 is 0 Å². The van der Waals surface area contributed by atoms with Gasteiger partial charge in [0, 0.05) is 19.1 Å². The van der Waals surface area contributed by atoms with Crippen molar-refractivity contribution in [3.8, 4) is 5.75 Å². The summed E-state index contributed by atoms with van der Waals surface area (Å²) in [6.07, 6.45) is 2.02. The van der Waals surface area contributed by atoms with E-state index >= 15 is 0 Å². The summed E-state index contributed by atoms with van der Waals surface area (Å²) < 4.78 is 45.7. The summed E-state index contributed by atoms with van der Waals surface area (Å²) >= 11 is 0. The molecular formula is C17H25FN2O4S. The number of methoxy groups -OCH3 is 1. The van der Waals surface area contributed by atoms with Crippen LogP contribution in [0.25, 0.3) is 0 Å². The molecule has 2 rings (SSSR count). The molecule has 0 saturated carbocycles. The van der Waals surface area contributed by atoms with E-state index in [9.17, 15) is 17.6 Å². The number of ether oxygens (including phenoxy) is 1. The third kappa shape index (κ3) is 4.49. The second-order valence-electron chi connectivity index (χ2n) is 6.32. The zero-order valence-electron chi connectivity index (χ0n) is 14.8. The minimum Gasteiger partial charge on any atom is -0.495 e. The average molecular weight is 372 g/mol. The van der Waals surface area contributed by atoms with Gasteiger partial charge in [-0.3, -0.25) is 4.79 Å². The SMILES string of the molecule is CC[C@H](C)NC(=O)[C@@H]1CCCN(S(=O)(=O)c2cc(F)ccc2OC)C1. The van der Waals surface area contributed by atoms with Crippen LogP contribution in [0.4, 0.5) is 4.39 Å². The molecule has 1 aliphatic heterocycles. The number of rotatable bonds is 6. The van der Waals surface area contributed by atoms with Crippen LogP contribution in [-0.2, 0) is 14.8 Å². The van der Waals surface area contributed by atoms with Crippen LogP contribution in [0.15, 0.2) is 23.1 Å². The second kappa shape index (κ2) is 8.14. The lowest BCUT2D eigenvalue weighted by Crippen LogP contribution is -2.47. The number of carbonyl (C=O) groups excluding carboxylic acids is 1. The number of nitrogens with one attached hydrogen (secondary N) is 1. The maximum atomic E-state index is 13.6. The number of amides is 1. The molecule has 0 spiro atoms. The lowest BCUT2D eigenvalue weighted by Gasteiger charge is -2.32. The van der Waals surface area contributed by atoms with Gasteiger partial charge in [0.2, 0.25) is 15.9 Å². The smallest absolute Gasteiger partial charge is 0.246 e. The molecule has 1 amide bonds. The van der Waals surface area contributed by atoms with Gasteiger partial charge in [-0.25, -0.2) is 12.8 Å². The third-order valence-corrected chi connectivity index (χ3v) is 6.39. The molecule has 0 bridgehead atoms. The lowest BCUT2D eigenvalue weighted by atomic mass is 9.98. The van der Waals surface area contributed by atoms with Crippen molar-refractivity contribution in [2.45, 2.75) is 44.0 Å². The molecule has 6 nitrogen and oxygen atoms in total. The van der Waals surface area contributed by atoms with E-state index in [4.69, 9.17) is 4.74 Å². The van der Waals surface area contributed by atoms with Crippen LogP contribution in [-0.4, -0.2) is 44.9 Å². The van der Waals surface area contributed by atoms with Gasteiger partial charge in [0.15, 0.2) is 0 Å². The minimum atomic E-state index is -3.94. The zero-order valence-corrected chi connectivity index (χ0v) is 15.6. The summed E-state index contributed by atoms with van der Waals surface area (Å²) in [7, 11) is -2.60. The Labute approximate surface area is 148 Å². The Kier molecular flexibility index (Phi) is 6.40. The first-order valence-electron chi connectivity index (χ1n) is 8.43. The molecule has 1 fully saturated rings. The van der Waals surface area contributed by atoms with Crippen LogP contribution in [0.1, 0.15) is 33.1 Å². The molecule has 1 heterocycles. The van der Waals surface area contributed by atoms with E-state index in [-0.39, 0.29) is 29.1 Å². The Morgan fingerprint density at radius 3 is 2.84 bits per heavy atom. The predicted octanol–water partition coefficient (Wildman–Crippen LogP) is 2.15. The van der Waals surface area contributed by atoms with Crippen LogP contribution in [0.2, 0.25) is 0 Å². The topological polar surface area (TPSA) is 75.7 Å². The van der Waals surface area contributed by atoms with Crippen LogP contribution in [0, 0.1) is 11.7 Å². The van der Waals surface area contributed by atoms with E-state index in [1.165, 1.54) is 17.5 Å². The maximum Gasteiger partial charge on any atom is 0.246 e. The van der Waals surface area contributed by atoms with Crippen LogP contribution < -0.4 is 10.1 Å². The standard InChI is InChI=1S/C17H25FN2O4S/c1-4-12(2)19-17(21)13-6-5-9-20(11-13)25(22,23)16-10-14(18)7-8-15(16)24-3/h7-8,10,12-13H,4-6,9,11H2,1-3H3,(H,19,21)/t12-,13+/m0/s1. The van der Waals surface area contributed by atoms with Gasteiger partial charge in [-0.2, -0.15) is 4.31 Å². The lowest BCUT2D eigenvalue weighted by molar-refractivity contribution is -0.126. The molecule has 0 aliphatic carbocycles. The highest BCUT2D eigenvalue weighted by atomic mass is 32.2. The van der Waals surface area contributed by atoms with Crippen LogP contribution >= 0.6 is 0 Å². The van der Waals surface area contributed by atoms with E-state index in [0.29, 0.717) is 19.4 Å². The molecule has 1 saturated heterocycles. The number of hydrogen-bond acceptors (Lipinski definition) is 4. The first-order chi connectivity index (χ1) is 11.8. The monoisotopic (exact) mass is 372 g/mol. The first-order valence-corrected chi connectivity index (χ1v) is 9.87. The van der Waals surface area contributed by atoms with E-state index in [0.717, 1.165) is 18.6 Å². The molecule has 8 heteroatoms. The molecule has 1 aromatic rings. The predicted molar refractivity (Wildman–Crippen MR) is 92.3 cm³/mol. The largest absolute Gasteiger partial charge is 0.495 e. The summed E-state index contributed by atoms with van der Waals surface area (Å²) in [6, 6.07) is 3.44. The molecular weight excluding hydrogens is 347 g/mol. The van der Waals surface area contributed by atoms with Gasteiger partial charge in [0.25, 0.3) is 0 Å². The number of nitrogens with zero attached hydrogens (tertiary/aromatic N) is 1. The van der Waals surface area contributed by atoms with Crippen LogP contribution in [0.5, 0.6) is 5.75 Å². The third-order valence-electron chi connectivity index (χ3n) is 4.50. The van der Waals surface area contributed by atoms with E-state index < -0.39 is 21.8 Å². The molecule has 25 heavy (non-hydrogen) atoms. The van der Waals surface area contributed by atoms with Crippen molar-refractivity contribution in [3.63, 3.8) is 0 Å². The summed E-state index contributed by atoms with van der Waals surface area (Å²) in [4.78, 5) is 12.1. The van der Waals surface area contributed by atoms with Crippen molar-refractivity contribution in [2.24, 2.45) is 5.92 Å². The Morgan fingerprint density at radius 1 is 1.48 bits per heavy atom. The number of sulfonamides is 1. The van der Waals surface area contributed by atoms with Gasteiger partial charge in [0.1, 0.15) is 16.5 Å². The Bertz CT molecular complexity index is 723. The molecule has 140 valence electrons. The van der Waals surface area contributed by atoms with E-state index in [1.807, 2.05) is 13.8 Å². The molecule has 1 aliphatic rings. The van der Waals surface area contributed by atoms with Gasteiger partial charge < -0.3 is 10.1 Å². The van der Waals surface area contributed by atoms with Gasteiger partial charge in [0.05, 0.1) is 13.0 Å². The summed E-state index contributed by atoms with van der Waals surface area (Å²) in [5.74, 6) is -1.10. The van der Waals surface area contributed by atoms with Gasteiger partial charge in [-0.1, -0.05) is 6.92 Å². The number of piperidine rings is 1. The Balaban J connectivity index is 2.22. The summed E-state index contributed by atoms with van der Waals surface area (Å²) in [5, 5.41) is 2.90. The molecule has 1 N–H and O–H groups in total. The van der Waals surface area contributed by atoms with Crippen molar-refractivity contribution in [1.82, 2.24) is 9.62 Å². The first kappa shape index (κ1) is 19.7. The van der Waals surface area contributed by atoms with Crippen LogP contribution in [0.3, 0.4) is 0 Å². The molecule has 0 unspecified atom stereocenters. The van der Waals surface area contributed by atoms with E-state index in [1.54, 1.807) is 0 Å². The summed E-state index contributed by atoms with van der Waals surface area (Å²) in [5.41, 5.74) is 0. The van der Waals surface area contributed by atoms with Crippen molar-refractivity contribution in [1.29, 1.82) is 0 Å². The fourth-order valence-corrected chi connectivity index (χ4v) is 4.52. The van der Waals surface area contributed by atoms with Gasteiger partial charge in [-0.15, -0.1) is 0 Å². The highest BCUT2D eigenvalue weighted by Crippen LogP contribution is 2.30. The number of halogens is 1. The molecule has 1 aromatic carbocycles. The molecule has 0 aromatic heterocycles. The fraction of sp³-hybridized carbons (Fsp3) is 0.588. The quantitative estimate of drug-likeness (QED) is 0.830. The highest BCUT2D eigenvalue weighted by Gasteiger charge is 2.35. The van der Waals surface area contributed by atoms with Crippen molar-refractivity contribution in [3.05, 3.63) is 24.0 Å². The van der Waals surface area contributed by atoms with Crippen molar-refractivity contribution < 1.29 is 22.3 Å². The second-order valence-corrected chi connectivity index (χ2v) is 8.22. The van der Waals surface area contributed by atoms with E-state index in [2.05, 4.69) is 5.32 Å². The fourth-order valence-electron chi connectivity index (χ4n) is 2.83. The highest BCUT2D eigenvalue weighted by molar-refractivity contribution is 7.89. The molecule has 0 radical (unpaired) electrons. The van der Waals surface area contributed by atoms with Crippen molar-refractivity contribution >= 4 is 15.9 Å². The minimum absolute atomic E-state index is 0.0443. The number of carbonyl (C=O) groups is 1. The number of benzene rings is 1. The average Bonchev–Trinajstić information content (AvgIpc) is 2.61. The molecule has 2 atom stereocenters. The van der Waals surface area contributed by atoms with Gasteiger partial charge in [-0.05, 0) is 44.4 Å². The Morgan fingerprint density at radius 2 is 2.20 bits per heavy atom. The van der Waals surface area contributed by atoms with Crippen molar-refractivity contribution in [2.75, 3.05) is 20.2 Å². The maximum absolute atomic E-state index is 13.6. The Hall–Kier alpha value is -1.67. The zero-order chi connectivity index (χ0) is 18.6. The normalized spacial score (nSPS) is 20.1.